The van der Waals surface area contributed by atoms with Crippen molar-refractivity contribution in [2.24, 2.45) is 5.92 Å². The molecular weight excluding hydrogens is 414 g/mol. The Morgan fingerprint density at radius 3 is 2.90 bits per heavy atom. The maximum Gasteiger partial charge on any atom is 0.235 e. The van der Waals surface area contributed by atoms with Gasteiger partial charge in [-0.15, -0.1) is 21.5 Å². The van der Waals surface area contributed by atoms with E-state index in [0.717, 1.165) is 42.8 Å². The van der Waals surface area contributed by atoms with E-state index in [-0.39, 0.29) is 11.7 Å². The summed E-state index contributed by atoms with van der Waals surface area (Å²) in [6.07, 6.45) is 3.00. The molecular formula is C22H23N5OS2. The number of carbonyl (C=O) groups excluding carboxylic acids is 1. The number of nitriles is 1. The highest BCUT2D eigenvalue weighted by molar-refractivity contribution is 7.99. The molecule has 154 valence electrons. The number of benzene rings is 1. The van der Waals surface area contributed by atoms with Crippen molar-refractivity contribution in [1.82, 2.24) is 14.8 Å². The number of fused-ring (bicyclic) bond motifs is 1. The van der Waals surface area contributed by atoms with Crippen LogP contribution in [0.25, 0.3) is 11.4 Å². The van der Waals surface area contributed by atoms with Gasteiger partial charge in [0, 0.05) is 17.0 Å². The van der Waals surface area contributed by atoms with Crippen LogP contribution in [0, 0.1) is 17.2 Å². The lowest BCUT2D eigenvalue weighted by atomic mass is 9.89. The third-order valence-electron chi connectivity index (χ3n) is 5.27. The van der Waals surface area contributed by atoms with Gasteiger partial charge in [-0.05, 0) is 37.7 Å². The van der Waals surface area contributed by atoms with Gasteiger partial charge in [-0.25, -0.2) is 0 Å². The standard InChI is InChI=1S/C22H23N5OS2/c1-3-27-20(15-7-5-4-6-8-15)25-26-22(27)29-13-19(28)24-21-17(12-23)16-10-9-14(2)11-18(16)30-21/h4-8,14H,3,9-11,13H2,1-2H3,(H,24,28)/t14-/m1/s1. The second-order valence-electron chi connectivity index (χ2n) is 7.42. The number of rotatable bonds is 6. The van der Waals surface area contributed by atoms with E-state index in [2.05, 4.69) is 28.5 Å². The molecule has 0 spiro atoms. The summed E-state index contributed by atoms with van der Waals surface area (Å²) in [4.78, 5) is 13.9. The van der Waals surface area contributed by atoms with Crippen LogP contribution in [0.5, 0.6) is 0 Å². The van der Waals surface area contributed by atoms with Crippen molar-refractivity contribution in [3.05, 3.63) is 46.3 Å². The highest BCUT2D eigenvalue weighted by Crippen LogP contribution is 2.39. The quantitative estimate of drug-likeness (QED) is 0.563. The summed E-state index contributed by atoms with van der Waals surface area (Å²) in [7, 11) is 0. The molecule has 30 heavy (non-hydrogen) atoms. The van der Waals surface area contributed by atoms with E-state index in [9.17, 15) is 10.1 Å². The highest BCUT2D eigenvalue weighted by Gasteiger charge is 2.25. The summed E-state index contributed by atoms with van der Waals surface area (Å²) >= 11 is 2.91. The lowest BCUT2D eigenvalue weighted by Crippen LogP contribution is -2.14. The van der Waals surface area contributed by atoms with E-state index in [4.69, 9.17) is 0 Å². The fraction of sp³-hybridized carbons (Fsp3) is 0.364. The van der Waals surface area contributed by atoms with Crippen molar-refractivity contribution in [2.45, 2.75) is 44.8 Å². The lowest BCUT2D eigenvalue weighted by Gasteiger charge is -2.17. The van der Waals surface area contributed by atoms with Gasteiger partial charge in [-0.3, -0.25) is 4.79 Å². The van der Waals surface area contributed by atoms with Gasteiger partial charge >= 0.3 is 0 Å². The van der Waals surface area contributed by atoms with Gasteiger partial charge in [0.1, 0.15) is 11.1 Å². The Morgan fingerprint density at radius 1 is 1.37 bits per heavy atom. The van der Waals surface area contributed by atoms with Crippen LogP contribution in [0.2, 0.25) is 0 Å². The molecule has 0 fully saturated rings. The van der Waals surface area contributed by atoms with Crippen LogP contribution in [0.4, 0.5) is 5.00 Å². The number of hydrogen-bond acceptors (Lipinski definition) is 6. The fourth-order valence-electron chi connectivity index (χ4n) is 3.73. The van der Waals surface area contributed by atoms with Crippen LogP contribution in [0.3, 0.4) is 0 Å². The minimum Gasteiger partial charge on any atom is -0.316 e. The molecule has 2 aromatic heterocycles. The molecule has 0 unspecified atom stereocenters. The van der Waals surface area contributed by atoms with E-state index in [1.54, 1.807) is 11.3 Å². The van der Waals surface area contributed by atoms with Crippen LogP contribution in [0.15, 0.2) is 35.5 Å². The summed E-state index contributed by atoms with van der Waals surface area (Å²) in [5.74, 6) is 1.51. The van der Waals surface area contributed by atoms with Gasteiger partial charge in [0.15, 0.2) is 11.0 Å². The molecule has 0 saturated heterocycles. The minimum atomic E-state index is -0.130. The van der Waals surface area contributed by atoms with Crippen molar-refractivity contribution < 1.29 is 4.79 Å². The summed E-state index contributed by atoms with van der Waals surface area (Å²) in [5, 5.41) is 22.6. The third kappa shape index (κ3) is 4.13. The zero-order chi connectivity index (χ0) is 21.1. The minimum absolute atomic E-state index is 0.130. The molecule has 1 N–H and O–H groups in total. The molecule has 0 bridgehead atoms. The number of carbonyl (C=O) groups is 1. The molecule has 0 saturated carbocycles. The molecule has 0 radical (unpaired) electrons. The first-order chi connectivity index (χ1) is 14.6. The predicted octanol–water partition coefficient (Wildman–Crippen LogP) is 4.75. The highest BCUT2D eigenvalue weighted by atomic mass is 32.2. The average Bonchev–Trinajstić information content (AvgIpc) is 3.32. The normalized spacial score (nSPS) is 15.4. The zero-order valence-corrected chi connectivity index (χ0v) is 18.6. The van der Waals surface area contributed by atoms with Gasteiger partial charge < -0.3 is 9.88 Å². The Morgan fingerprint density at radius 2 is 2.17 bits per heavy atom. The predicted molar refractivity (Wildman–Crippen MR) is 121 cm³/mol. The van der Waals surface area contributed by atoms with Crippen molar-refractivity contribution in [1.29, 1.82) is 5.26 Å². The first-order valence-electron chi connectivity index (χ1n) is 10.1. The molecule has 1 aromatic carbocycles. The smallest absolute Gasteiger partial charge is 0.235 e. The van der Waals surface area contributed by atoms with Crippen LogP contribution >= 0.6 is 23.1 Å². The summed E-state index contributed by atoms with van der Waals surface area (Å²) in [6.45, 7) is 4.99. The van der Waals surface area contributed by atoms with Crippen molar-refractivity contribution in [2.75, 3.05) is 11.1 Å². The summed E-state index contributed by atoms with van der Waals surface area (Å²) in [6, 6.07) is 12.2. The summed E-state index contributed by atoms with van der Waals surface area (Å²) in [5.41, 5.74) is 2.77. The molecule has 6 nitrogen and oxygen atoms in total. The Kier molecular flexibility index (Phi) is 6.21. The van der Waals surface area contributed by atoms with Gasteiger partial charge in [0.25, 0.3) is 0 Å². The number of thioether (sulfide) groups is 1. The van der Waals surface area contributed by atoms with E-state index < -0.39 is 0 Å². The Bertz CT molecular complexity index is 1100. The first-order valence-corrected chi connectivity index (χ1v) is 11.9. The molecule has 1 aliphatic carbocycles. The molecule has 4 rings (SSSR count). The van der Waals surface area contributed by atoms with Gasteiger partial charge in [0.05, 0.1) is 11.3 Å². The number of nitrogens with one attached hydrogen (secondary N) is 1. The fourth-order valence-corrected chi connectivity index (χ4v) is 5.91. The molecule has 3 aromatic rings. The van der Waals surface area contributed by atoms with Crippen molar-refractivity contribution >= 4 is 34.0 Å². The second kappa shape index (κ2) is 9.02. The van der Waals surface area contributed by atoms with Crippen LogP contribution in [-0.2, 0) is 24.2 Å². The zero-order valence-electron chi connectivity index (χ0n) is 17.0. The number of aromatic nitrogens is 3. The first kappa shape index (κ1) is 20.6. The van der Waals surface area contributed by atoms with E-state index >= 15 is 0 Å². The Hall–Kier alpha value is -2.63. The van der Waals surface area contributed by atoms with E-state index in [1.165, 1.54) is 16.6 Å². The van der Waals surface area contributed by atoms with Crippen LogP contribution in [-0.4, -0.2) is 26.4 Å². The van der Waals surface area contributed by atoms with E-state index in [1.807, 2.05) is 41.8 Å². The number of hydrogen-bond donors (Lipinski definition) is 1. The maximum absolute atomic E-state index is 12.6. The molecule has 2 heterocycles. The second-order valence-corrected chi connectivity index (χ2v) is 9.47. The van der Waals surface area contributed by atoms with E-state index in [0.29, 0.717) is 21.6 Å². The number of anilines is 1. The van der Waals surface area contributed by atoms with Crippen LogP contribution in [0.1, 0.15) is 36.3 Å². The molecule has 1 atom stereocenters. The summed E-state index contributed by atoms with van der Waals surface area (Å²) < 4.78 is 2.01. The SMILES string of the molecule is CCn1c(SCC(=O)Nc2sc3c(c2C#N)CC[C@@H](C)C3)nnc1-c1ccccc1. The van der Waals surface area contributed by atoms with Crippen molar-refractivity contribution in [3.8, 4) is 17.5 Å². The van der Waals surface area contributed by atoms with Gasteiger partial charge in [-0.1, -0.05) is 49.0 Å². The third-order valence-corrected chi connectivity index (χ3v) is 7.41. The molecule has 1 aliphatic rings. The molecule has 8 heteroatoms. The maximum atomic E-state index is 12.6. The van der Waals surface area contributed by atoms with Crippen LogP contribution < -0.4 is 5.32 Å². The lowest BCUT2D eigenvalue weighted by molar-refractivity contribution is -0.113. The largest absolute Gasteiger partial charge is 0.316 e. The molecule has 0 aliphatic heterocycles. The number of amides is 1. The topological polar surface area (TPSA) is 83.6 Å². The Balaban J connectivity index is 1.45. The Labute approximate surface area is 184 Å². The van der Waals surface area contributed by atoms with Gasteiger partial charge in [-0.2, -0.15) is 5.26 Å². The average molecular weight is 438 g/mol. The number of thiophene rings is 1. The van der Waals surface area contributed by atoms with Crippen molar-refractivity contribution in [3.63, 3.8) is 0 Å². The molecule has 1 amide bonds. The number of nitrogens with zero attached hydrogens (tertiary/aromatic N) is 4. The van der Waals surface area contributed by atoms with Gasteiger partial charge in [0.2, 0.25) is 5.91 Å². The monoisotopic (exact) mass is 437 g/mol.